The lowest BCUT2D eigenvalue weighted by Crippen LogP contribution is -2.35. The Balaban J connectivity index is 1.94. The number of hydrogen-bond acceptors (Lipinski definition) is 5. The molecule has 0 bridgehead atoms. The second-order valence-electron chi connectivity index (χ2n) is 4.86. The number of phenolic OH excluding ortho intramolecular Hbond substituents is 1. The Bertz CT molecular complexity index is 701. The van der Waals surface area contributed by atoms with Crippen molar-refractivity contribution in [1.82, 2.24) is 5.43 Å². The summed E-state index contributed by atoms with van der Waals surface area (Å²) in [7, 11) is 1.57. The summed E-state index contributed by atoms with van der Waals surface area (Å²) in [6.45, 7) is 1.72. The molecule has 3 N–H and O–H groups in total. The summed E-state index contributed by atoms with van der Waals surface area (Å²) in [5.74, 6) is 0.457. The van der Waals surface area contributed by atoms with Gasteiger partial charge in [-0.1, -0.05) is 24.3 Å². The highest BCUT2D eigenvalue weighted by Gasteiger charge is 2.13. The van der Waals surface area contributed by atoms with Gasteiger partial charge in [0.25, 0.3) is 5.91 Å². The second kappa shape index (κ2) is 7.84. The van der Waals surface area contributed by atoms with Crippen molar-refractivity contribution in [1.29, 1.82) is 0 Å². The number of rotatable bonds is 6. The van der Waals surface area contributed by atoms with Crippen LogP contribution < -0.4 is 15.5 Å². The van der Waals surface area contributed by atoms with E-state index in [1.807, 2.05) is 24.3 Å². The molecule has 0 saturated carbocycles. The van der Waals surface area contributed by atoms with Crippen LogP contribution >= 0.6 is 0 Å². The van der Waals surface area contributed by atoms with E-state index < -0.39 is 6.04 Å². The van der Waals surface area contributed by atoms with Crippen molar-refractivity contribution in [3.05, 3.63) is 54.1 Å². The normalized spacial score (nSPS) is 11.9. The van der Waals surface area contributed by atoms with Crippen molar-refractivity contribution in [3.63, 3.8) is 0 Å². The first-order valence-corrected chi connectivity index (χ1v) is 7.12. The van der Waals surface area contributed by atoms with Crippen LogP contribution in [0, 0.1) is 0 Å². The first-order valence-electron chi connectivity index (χ1n) is 7.12. The molecule has 23 heavy (non-hydrogen) atoms. The molecule has 0 radical (unpaired) electrons. The van der Waals surface area contributed by atoms with Gasteiger partial charge in [0.2, 0.25) is 0 Å². The van der Waals surface area contributed by atoms with Gasteiger partial charge in [-0.3, -0.25) is 4.79 Å². The van der Waals surface area contributed by atoms with E-state index in [1.165, 1.54) is 6.21 Å². The van der Waals surface area contributed by atoms with Crippen LogP contribution in [-0.4, -0.2) is 30.4 Å². The van der Waals surface area contributed by atoms with E-state index in [4.69, 9.17) is 4.74 Å². The van der Waals surface area contributed by atoms with Crippen LogP contribution in [0.3, 0.4) is 0 Å². The number of para-hydroxylation sites is 3. The number of nitrogens with zero attached hydrogens (tertiary/aromatic N) is 1. The average Bonchev–Trinajstić information content (AvgIpc) is 2.57. The Morgan fingerprint density at radius 3 is 2.65 bits per heavy atom. The number of nitrogens with one attached hydrogen (secondary N) is 2. The predicted molar refractivity (Wildman–Crippen MR) is 89.9 cm³/mol. The third-order valence-electron chi connectivity index (χ3n) is 3.19. The van der Waals surface area contributed by atoms with Crippen LogP contribution in [0.1, 0.15) is 12.5 Å². The van der Waals surface area contributed by atoms with Gasteiger partial charge in [-0.25, -0.2) is 5.43 Å². The zero-order valence-corrected chi connectivity index (χ0v) is 13.0. The van der Waals surface area contributed by atoms with Crippen LogP contribution in [0.15, 0.2) is 53.6 Å². The Hall–Kier alpha value is -3.02. The SMILES string of the molecule is COc1ccccc1N[C@H](C)C(=O)N/N=C\c1ccccc1O. The lowest BCUT2D eigenvalue weighted by Gasteiger charge is -2.15. The molecule has 1 atom stereocenters. The van der Waals surface area contributed by atoms with E-state index in [0.29, 0.717) is 11.3 Å². The van der Waals surface area contributed by atoms with Crippen LogP contribution in [-0.2, 0) is 4.79 Å². The van der Waals surface area contributed by atoms with E-state index in [1.54, 1.807) is 38.3 Å². The molecule has 2 rings (SSSR count). The number of anilines is 1. The summed E-state index contributed by atoms with van der Waals surface area (Å²) >= 11 is 0. The summed E-state index contributed by atoms with van der Waals surface area (Å²) < 4.78 is 5.23. The number of phenols is 1. The maximum absolute atomic E-state index is 12.0. The molecule has 0 saturated heterocycles. The van der Waals surface area contributed by atoms with Gasteiger partial charge in [0.15, 0.2) is 0 Å². The maximum atomic E-state index is 12.0. The number of benzene rings is 2. The zero-order chi connectivity index (χ0) is 16.7. The van der Waals surface area contributed by atoms with Crippen LogP contribution in [0.5, 0.6) is 11.5 Å². The first kappa shape index (κ1) is 16.4. The summed E-state index contributed by atoms with van der Waals surface area (Å²) in [5.41, 5.74) is 3.68. The second-order valence-corrected chi connectivity index (χ2v) is 4.86. The number of hydrogen-bond donors (Lipinski definition) is 3. The minimum atomic E-state index is -0.507. The van der Waals surface area contributed by atoms with Gasteiger partial charge in [-0.05, 0) is 31.2 Å². The number of methoxy groups -OCH3 is 1. The Labute approximate surface area is 134 Å². The van der Waals surface area contributed by atoms with Gasteiger partial charge in [-0.15, -0.1) is 0 Å². The average molecular weight is 313 g/mol. The van der Waals surface area contributed by atoms with Crippen molar-refractivity contribution in [2.45, 2.75) is 13.0 Å². The molecule has 6 heteroatoms. The minimum Gasteiger partial charge on any atom is -0.507 e. The molecule has 0 aliphatic carbocycles. The summed E-state index contributed by atoms with van der Waals surface area (Å²) in [6.07, 6.45) is 1.39. The largest absolute Gasteiger partial charge is 0.507 e. The van der Waals surface area contributed by atoms with Gasteiger partial charge in [0.05, 0.1) is 19.0 Å². The van der Waals surface area contributed by atoms with Crippen molar-refractivity contribution in [2.24, 2.45) is 5.10 Å². The van der Waals surface area contributed by atoms with Crippen molar-refractivity contribution < 1.29 is 14.6 Å². The Morgan fingerprint density at radius 1 is 1.22 bits per heavy atom. The van der Waals surface area contributed by atoms with E-state index in [0.717, 1.165) is 5.69 Å². The third kappa shape index (κ3) is 4.47. The molecule has 6 nitrogen and oxygen atoms in total. The smallest absolute Gasteiger partial charge is 0.262 e. The molecule has 2 aromatic carbocycles. The molecule has 120 valence electrons. The quantitative estimate of drug-likeness (QED) is 0.565. The number of aromatic hydroxyl groups is 1. The number of hydrazone groups is 1. The van der Waals surface area contributed by atoms with Crippen molar-refractivity contribution >= 4 is 17.8 Å². The number of carbonyl (C=O) groups is 1. The first-order chi connectivity index (χ1) is 11.1. The molecular weight excluding hydrogens is 294 g/mol. The third-order valence-corrected chi connectivity index (χ3v) is 3.19. The number of carbonyl (C=O) groups excluding carboxylic acids is 1. The molecule has 0 aliphatic heterocycles. The molecule has 0 heterocycles. The molecule has 0 unspecified atom stereocenters. The van der Waals surface area contributed by atoms with Gasteiger partial charge in [0.1, 0.15) is 17.5 Å². The van der Waals surface area contributed by atoms with Crippen LogP contribution in [0.2, 0.25) is 0 Å². The zero-order valence-electron chi connectivity index (χ0n) is 13.0. The van der Waals surface area contributed by atoms with E-state index in [9.17, 15) is 9.90 Å². The van der Waals surface area contributed by atoms with E-state index in [-0.39, 0.29) is 11.7 Å². The molecule has 0 aliphatic rings. The lowest BCUT2D eigenvalue weighted by atomic mass is 10.2. The highest BCUT2D eigenvalue weighted by atomic mass is 16.5. The highest BCUT2D eigenvalue weighted by molar-refractivity contribution is 5.87. The Morgan fingerprint density at radius 2 is 1.91 bits per heavy atom. The van der Waals surface area contributed by atoms with Gasteiger partial charge in [-0.2, -0.15) is 5.10 Å². The molecule has 0 aromatic heterocycles. The topological polar surface area (TPSA) is 83.0 Å². The predicted octanol–water partition coefficient (Wildman–Crippen LogP) is 2.35. The van der Waals surface area contributed by atoms with E-state index >= 15 is 0 Å². The summed E-state index contributed by atoms with van der Waals surface area (Å²) in [6, 6.07) is 13.6. The van der Waals surface area contributed by atoms with Crippen molar-refractivity contribution in [2.75, 3.05) is 12.4 Å². The molecule has 1 amide bonds. The van der Waals surface area contributed by atoms with Crippen LogP contribution in [0.25, 0.3) is 0 Å². The maximum Gasteiger partial charge on any atom is 0.262 e. The van der Waals surface area contributed by atoms with E-state index in [2.05, 4.69) is 15.8 Å². The van der Waals surface area contributed by atoms with Gasteiger partial charge < -0.3 is 15.2 Å². The molecule has 2 aromatic rings. The van der Waals surface area contributed by atoms with Gasteiger partial charge in [0, 0.05) is 5.56 Å². The minimum absolute atomic E-state index is 0.102. The molecular formula is C17H19N3O3. The van der Waals surface area contributed by atoms with Crippen molar-refractivity contribution in [3.8, 4) is 11.5 Å². The molecule has 0 spiro atoms. The van der Waals surface area contributed by atoms with Gasteiger partial charge >= 0.3 is 0 Å². The highest BCUT2D eigenvalue weighted by Crippen LogP contribution is 2.23. The number of amides is 1. The Kier molecular flexibility index (Phi) is 5.57. The fourth-order valence-corrected chi connectivity index (χ4v) is 1.92. The standard InChI is InChI=1S/C17H19N3O3/c1-12(19-14-8-4-6-10-16(14)23-2)17(22)20-18-11-13-7-3-5-9-15(13)21/h3-12,19,21H,1-2H3,(H,20,22)/b18-11-/t12-/m1/s1. The summed E-state index contributed by atoms with van der Waals surface area (Å²) in [5, 5.41) is 16.5. The molecule has 0 fully saturated rings. The van der Waals surface area contributed by atoms with Crippen LogP contribution in [0.4, 0.5) is 5.69 Å². The lowest BCUT2D eigenvalue weighted by molar-refractivity contribution is -0.121. The number of ether oxygens (including phenoxy) is 1. The fourth-order valence-electron chi connectivity index (χ4n) is 1.92. The summed E-state index contributed by atoms with van der Waals surface area (Å²) in [4.78, 5) is 12.0. The fraction of sp³-hybridized carbons (Fsp3) is 0.176. The monoisotopic (exact) mass is 313 g/mol.